The Kier molecular flexibility index (Phi) is 5.92. The molecule has 0 aromatic heterocycles. The number of rotatable bonds is 8. The van der Waals surface area contributed by atoms with Crippen LogP contribution >= 0.6 is 0 Å². The second kappa shape index (κ2) is 7.44. The lowest BCUT2D eigenvalue weighted by atomic mass is 10.1. The number of aryl methyl sites for hydroxylation is 1. The van der Waals surface area contributed by atoms with Gasteiger partial charge in [-0.15, -0.1) is 0 Å². The van der Waals surface area contributed by atoms with Crippen LogP contribution in [0.5, 0.6) is 0 Å². The van der Waals surface area contributed by atoms with Crippen LogP contribution in [0.2, 0.25) is 0 Å². The number of carboxylic acid groups (broad SMARTS) is 1. The van der Waals surface area contributed by atoms with E-state index >= 15 is 0 Å². The van der Waals surface area contributed by atoms with E-state index in [2.05, 4.69) is 5.32 Å². The van der Waals surface area contributed by atoms with Gasteiger partial charge in [-0.2, -0.15) is 0 Å². The molecule has 1 aromatic rings. The molecule has 2 N–H and O–H groups in total. The largest absolute Gasteiger partial charge is 0.480 e. The summed E-state index contributed by atoms with van der Waals surface area (Å²) in [5.41, 5.74) is 1.06. The van der Waals surface area contributed by atoms with Crippen LogP contribution in [0.25, 0.3) is 0 Å². The van der Waals surface area contributed by atoms with Crippen molar-refractivity contribution in [1.29, 1.82) is 0 Å². The van der Waals surface area contributed by atoms with Crippen molar-refractivity contribution in [3.63, 3.8) is 0 Å². The van der Waals surface area contributed by atoms with Crippen molar-refractivity contribution < 1.29 is 19.6 Å². The summed E-state index contributed by atoms with van der Waals surface area (Å²) in [5.74, 6) is -0.961. The molecule has 1 unspecified atom stereocenters. The highest BCUT2D eigenvalue weighted by molar-refractivity contribution is 5.77. The molecule has 7 heteroatoms. The number of hydrogen-bond donors (Lipinski definition) is 2. The van der Waals surface area contributed by atoms with Crippen molar-refractivity contribution in [2.75, 3.05) is 19.0 Å². The molecular weight excluding hydrogens is 264 g/mol. The number of nitro benzene ring substituents is 1. The molecule has 0 amide bonds. The standard InChI is InChI=1S/C13H18N2O5/c1-9-8-10(5-6-12(9)15(18)19)14-11(13(16)17)4-3-7-20-2/h5-6,8,11,14H,3-4,7H2,1-2H3,(H,16,17). The minimum absolute atomic E-state index is 0.0156. The molecule has 7 nitrogen and oxygen atoms in total. The summed E-state index contributed by atoms with van der Waals surface area (Å²) in [4.78, 5) is 21.4. The first-order valence-electron chi connectivity index (χ1n) is 6.19. The number of hydrogen-bond acceptors (Lipinski definition) is 5. The zero-order valence-corrected chi connectivity index (χ0v) is 11.5. The summed E-state index contributed by atoms with van der Waals surface area (Å²) in [6.45, 7) is 2.11. The summed E-state index contributed by atoms with van der Waals surface area (Å²) in [7, 11) is 1.56. The molecule has 1 rings (SSSR count). The Morgan fingerprint density at radius 2 is 2.25 bits per heavy atom. The normalized spacial score (nSPS) is 11.9. The lowest BCUT2D eigenvalue weighted by molar-refractivity contribution is -0.385. The number of nitro groups is 1. The van der Waals surface area contributed by atoms with Crippen LogP contribution in [0.4, 0.5) is 11.4 Å². The molecule has 0 heterocycles. The Morgan fingerprint density at radius 1 is 1.55 bits per heavy atom. The van der Waals surface area contributed by atoms with Crippen LogP contribution in [0.15, 0.2) is 18.2 Å². The van der Waals surface area contributed by atoms with Gasteiger partial charge < -0.3 is 15.2 Å². The lowest BCUT2D eigenvalue weighted by Gasteiger charge is -2.16. The average Bonchev–Trinajstić information content (AvgIpc) is 2.37. The number of anilines is 1. The van der Waals surface area contributed by atoms with Gasteiger partial charge in [0.15, 0.2) is 0 Å². The summed E-state index contributed by atoms with van der Waals surface area (Å²) < 4.78 is 4.89. The fourth-order valence-electron chi connectivity index (χ4n) is 1.84. The third-order valence-corrected chi connectivity index (χ3v) is 2.87. The lowest BCUT2D eigenvalue weighted by Crippen LogP contribution is -2.29. The molecular formula is C13H18N2O5. The van der Waals surface area contributed by atoms with Crippen LogP contribution in [-0.4, -0.2) is 35.8 Å². The molecule has 20 heavy (non-hydrogen) atoms. The number of carboxylic acids is 1. The summed E-state index contributed by atoms with van der Waals surface area (Å²) >= 11 is 0. The molecule has 1 aromatic carbocycles. The maximum atomic E-state index is 11.1. The van der Waals surface area contributed by atoms with Crippen molar-refractivity contribution in [1.82, 2.24) is 0 Å². The number of aliphatic carboxylic acids is 1. The molecule has 110 valence electrons. The topological polar surface area (TPSA) is 102 Å². The zero-order valence-electron chi connectivity index (χ0n) is 11.5. The Hall–Kier alpha value is -2.15. The Morgan fingerprint density at radius 3 is 2.75 bits per heavy atom. The van der Waals surface area contributed by atoms with E-state index < -0.39 is 16.9 Å². The van der Waals surface area contributed by atoms with Gasteiger partial charge in [0.05, 0.1) is 4.92 Å². The van der Waals surface area contributed by atoms with E-state index in [4.69, 9.17) is 9.84 Å². The third-order valence-electron chi connectivity index (χ3n) is 2.87. The minimum Gasteiger partial charge on any atom is -0.480 e. The number of methoxy groups -OCH3 is 1. The van der Waals surface area contributed by atoms with E-state index in [1.807, 2.05) is 0 Å². The molecule has 0 saturated heterocycles. The third kappa shape index (κ3) is 4.51. The van der Waals surface area contributed by atoms with Crippen LogP contribution in [-0.2, 0) is 9.53 Å². The van der Waals surface area contributed by atoms with Gasteiger partial charge in [0, 0.05) is 31.0 Å². The maximum absolute atomic E-state index is 11.1. The highest BCUT2D eigenvalue weighted by atomic mass is 16.6. The highest BCUT2D eigenvalue weighted by Gasteiger charge is 2.18. The molecule has 0 aliphatic heterocycles. The predicted molar refractivity (Wildman–Crippen MR) is 74.0 cm³/mol. The molecule has 1 atom stereocenters. The van der Waals surface area contributed by atoms with Crippen LogP contribution < -0.4 is 5.32 Å². The van der Waals surface area contributed by atoms with Gasteiger partial charge in [0.1, 0.15) is 6.04 Å². The first-order valence-corrected chi connectivity index (χ1v) is 6.19. The smallest absolute Gasteiger partial charge is 0.326 e. The van der Waals surface area contributed by atoms with Crippen molar-refractivity contribution in [3.05, 3.63) is 33.9 Å². The fourth-order valence-corrected chi connectivity index (χ4v) is 1.84. The monoisotopic (exact) mass is 282 g/mol. The number of nitrogens with one attached hydrogen (secondary N) is 1. The Balaban J connectivity index is 2.76. The van der Waals surface area contributed by atoms with Gasteiger partial charge in [0.2, 0.25) is 0 Å². The molecule has 0 aliphatic rings. The second-order valence-corrected chi connectivity index (χ2v) is 4.43. The van der Waals surface area contributed by atoms with Crippen LogP contribution in [0, 0.1) is 17.0 Å². The highest BCUT2D eigenvalue weighted by Crippen LogP contribution is 2.22. The van der Waals surface area contributed by atoms with E-state index in [0.717, 1.165) is 0 Å². The number of ether oxygens (including phenoxy) is 1. The molecule has 0 saturated carbocycles. The Bertz CT molecular complexity index is 490. The molecule has 0 bridgehead atoms. The average molecular weight is 282 g/mol. The molecule has 0 radical (unpaired) electrons. The van der Waals surface area contributed by atoms with E-state index in [1.165, 1.54) is 12.1 Å². The fraction of sp³-hybridized carbons (Fsp3) is 0.462. The van der Waals surface area contributed by atoms with E-state index in [1.54, 1.807) is 20.1 Å². The number of carbonyl (C=O) groups is 1. The van der Waals surface area contributed by atoms with E-state index in [-0.39, 0.29) is 5.69 Å². The van der Waals surface area contributed by atoms with Crippen molar-refractivity contribution in [2.45, 2.75) is 25.8 Å². The van der Waals surface area contributed by atoms with Crippen LogP contribution in [0.1, 0.15) is 18.4 Å². The summed E-state index contributed by atoms with van der Waals surface area (Å²) in [6.07, 6.45) is 1.03. The van der Waals surface area contributed by atoms with Crippen molar-refractivity contribution in [3.8, 4) is 0 Å². The van der Waals surface area contributed by atoms with Gasteiger partial charge in [-0.25, -0.2) is 4.79 Å². The molecule has 0 aliphatic carbocycles. The van der Waals surface area contributed by atoms with Gasteiger partial charge >= 0.3 is 5.97 Å². The number of nitrogens with zero attached hydrogens (tertiary/aromatic N) is 1. The predicted octanol–water partition coefficient (Wildman–Crippen LogP) is 2.19. The van der Waals surface area contributed by atoms with E-state index in [0.29, 0.717) is 30.7 Å². The summed E-state index contributed by atoms with van der Waals surface area (Å²) in [6, 6.07) is 3.71. The molecule has 0 spiro atoms. The van der Waals surface area contributed by atoms with Gasteiger partial charge in [-0.3, -0.25) is 10.1 Å². The van der Waals surface area contributed by atoms with Gasteiger partial charge in [-0.05, 0) is 31.9 Å². The van der Waals surface area contributed by atoms with Crippen LogP contribution in [0.3, 0.4) is 0 Å². The van der Waals surface area contributed by atoms with Crippen molar-refractivity contribution >= 4 is 17.3 Å². The Labute approximate surface area is 116 Å². The zero-order chi connectivity index (χ0) is 15.1. The first kappa shape index (κ1) is 15.9. The molecule has 0 fully saturated rings. The van der Waals surface area contributed by atoms with E-state index in [9.17, 15) is 14.9 Å². The minimum atomic E-state index is -0.961. The van der Waals surface area contributed by atoms with Crippen molar-refractivity contribution in [2.24, 2.45) is 0 Å². The summed E-state index contributed by atoms with van der Waals surface area (Å²) in [5, 5.41) is 22.7. The quantitative estimate of drug-likeness (QED) is 0.430. The van der Waals surface area contributed by atoms with Gasteiger partial charge in [0.25, 0.3) is 5.69 Å². The first-order chi connectivity index (χ1) is 9.45. The second-order valence-electron chi connectivity index (χ2n) is 4.43. The van der Waals surface area contributed by atoms with Gasteiger partial charge in [-0.1, -0.05) is 0 Å². The SMILES string of the molecule is COCCCC(Nc1ccc([N+](=O)[O-])c(C)c1)C(=O)O. The maximum Gasteiger partial charge on any atom is 0.326 e. The number of benzene rings is 1.